The molecule has 0 aliphatic rings. The van der Waals surface area contributed by atoms with Crippen molar-refractivity contribution in [2.45, 2.75) is 31.8 Å². The quantitative estimate of drug-likeness (QED) is 0.532. The van der Waals surface area contributed by atoms with Gasteiger partial charge in [-0.05, 0) is 32.9 Å². The van der Waals surface area contributed by atoms with E-state index in [4.69, 9.17) is 11.6 Å². The van der Waals surface area contributed by atoms with E-state index in [-0.39, 0.29) is 20.2 Å². The standard InChI is InChI=1S/C18H17ClF4N2O4S/c1-8-13(18(21,22)23)24(4)16(29)25(14(8)26)11-6-12(9(19)5-10(11)20)30-7-17(2,3)15(27)28/h5-6H,7H2,1-4H3,(H,27,28). The number of nitrogens with zero attached hydrogens (tertiary/aromatic N) is 2. The number of rotatable bonds is 5. The number of carboxylic acid groups (broad SMARTS) is 1. The molecule has 30 heavy (non-hydrogen) atoms. The third-order valence-electron chi connectivity index (χ3n) is 4.37. The van der Waals surface area contributed by atoms with E-state index in [9.17, 15) is 37.1 Å². The third-order valence-corrected chi connectivity index (χ3v) is 6.31. The lowest BCUT2D eigenvalue weighted by Crippen LogP contribution is -2.43. The van der Waals surface area contributed by atoms with Crippen LogP contribution < -0.4 is 11.2 Å². The first-order valence-electron chi connectivity index (χ1n) is 8.35. The van der Waals surface area contributed by atoms with Crippen LogP contribution in [-0.2, 0) is 18.0 Å². The van der Waals surface area contributed by atoms with Crippen LogP contribution >= 0.6 is 23.4 Å². The molecule has 2 rings (SSSR count). The molecule has 0 fully saturated rings. The van der Waals surface area contributed by atoms with Crippen LogP contribution in [0.4, 0.5) is 17.6 Å². The van der Waals surface area contributed by atoms with E-state index in [2.05, 4.69) is 0 Å². The number of aliphatic carboxylic acids is 1. The fourth-order valence-corrected chi connectivity index (χ4v) is 3.93. The van der Waals surface area contributed by atoms with Gasteiger partial charge in [0.2, 0.25) is 0 Å². The summed E-state index contributed by atoms with van der Waals surface area (Å²) >= 11 is 6.94. The first kappa shape index (κ1) is 24.0. The molecule has 6 nitrogen and oxygen atoms in total. The Morgan fingerprint density at radius 2 is 1.80 bits per heavy atom. The van der Waals surface area contributed by atoms with E-state index in [1.165, 1.54) is 13.8 Å². The second kappa shape index (κ2) is 8.10. The second-order valence-electron chi connectivity index (χ2n) is 7.17. The smallest absolute Gasteiger partial charge is 0.432 e. The van der Waals surface area contributed by atoms with E-state index in [0.29, 0.717) is 4.57 Å². The van der Waals surface area contributed by atoms with E-state index in [1.807, 2.05) is 0 Å². The Bertz CT molecular complexity index is 1100. The molecule has 0 aliphatic carbocycles. The molecular formula is C18H17ClF4N2O4S. The zero-order valence-corrected chi connectivity index (χ0v) is 17.8. The highest BCUT2D eigenvalue weighted by Crippen LogP contribution is 2.35. The number of hydrogen-bond donors (Lipinski definition) is 1. The summed E-state index contributed by atoms with van der Waals surface area (Å²) in [5.74, 6) is -2.16. The predicted octanol–water partition coefficient (Wildman–Crippen LogP) is 3.86. The van der Waals surface area contributed by atoms with Gasteiger partial charge in [0.05, 0.1) is 16.1 Å². The maximum absolute atomic E-state index is 14.6. The van der Waals surface area contributed by atoms with Gasteiger partial charge in [-0.3, -0.25) is 14.2 Å². The first-order chi connectivity index (χ1) is 13.6. The van der Waals surface area contributed by atoms with Gasteiger partial charge in [-0.15, -0.1) is 11.8 Å². The van der Waals surface area contributed by atoms with Crippen molar-refractivity contribution in [2.24, 2.45) is 12.5 Å². The largest absolute Gasteiger partial charge is 0.481 e. The number of halogens is 5. The van der Waals surface area contributed by atoms with Crippen molar-refractivity contribution in [3.63, 3.8) is 0 Å². The van der Waals surface area contributed by atoms with Gasteiger partial charge in [0.1, 0.15) is 11.5 Å². The normalized spacial score (nSPS) is 12.3. The van der Waals surface area contributed by atoms with Crippen LogP contribution in [0.2, 0.25) is 5.02 Å². The molecule has 2 aromatic rings. The molecule has 0 atom stereocenters. The van der Waals surface area contributed by atoms with Gasteiger partial charge >= 0.3 is 17.8 Å². The van der Waals surface area contributed by atoms with Crippen molar-refractivity contribution in [3.8, 4) is 5.69 Å². The second-order valence-corrected chi connectivity index (χ2v) is 8.59. The van der Waals surface area contributed by atoms with Gasteiger partial charge in [-0.25, -0.2) is 13.8 Å². The van der Waals surface area contributed by atoms with E-state index < -0.39 is 51.6 Å². The number of benzene rings is 1. The highest BCUT2D eigenvalue weighted by Gasteiger charge is 2.38. The van der Waals surface area contributed by atoms with Crippen LogP contribution in [-0.4, -0.2) is 26.0 Å². The zero-order chi connectivity index (χ0) is 23.2. The fourth-order valence-electron chi connectivity index (χ4n) is 2.59. The third kappa shape index (κ3) is 4.41. The Hall–Kier alpha value is -2.27. The number of alkyl halides is 3. The number of thioether (sulfide) groups is 1. The van der Waals surface area contributed by atoms with Crippen LogP contribution in [0.25, 0.3) is 5.69 Å². The lowest BCUT2D eigenvalue weighted by atomic mass is 9.97. The number of hydrogen-bond acceptors (Lipinski definition) is 4. The average molecular weight is 469 g/mol. The van der Waals surface area contributed by atoms with Crippen molar-refractivity contribution >= 4 is 29.3 Å². The topological polar surface area (TPSA) is 81.3 Å². The van der Waals surface area contributed by atoms with Crippen molar-refractivity contribution < 1.29 is 27.5 Å². The van der Waals surface area contributed by atoms with Gasteiger partial charge in [0, 0.05) is 23.3 Å². The van der Waals surface area contributed by atoms with Gasteiger partial charge < -0.3 is 5.11 Å². The summed E-state index contributed by atoms with van der Waals surface area (Å²) in [5.41, 5.74) is -6.67. The molecule has 0 amide bonds. The summed E-state index contributed by atoms with van der Waals surface area (Å²) in [6, 6.07) is 1.85. The van der Waals surface area contributed by atoms with Crippen LogP contribution in [0, 0.1) is 18.2 Å². The minimum atomic E-state index is -4.96. The van der Waals surface area contributed by atoms with Crippen LogP contribution in [0.15, 0.2) is 26.6 Å². The molecule has 0 radical (unpaired) electrons. The molecular weight excluding hydrogens is 452 g/mol. The minimum Gasteiger partial charge on any atom is -0.481 e. The van der Waals surface area contributed by atoms with Gasteiger partial charge in [0.15, 0.2) is 0 Å². The maximum Gasteiger partial charge on any atom is 0.432 e. The molecule has 0 saturated heterocycles. The Morgan fingerprint density at radius 1 is 1.23 bits per heavy atom. The molecule has 0 spiro atoms. The highest BCUT2D eigenvalue weighted by atomic mass is 35.5. The number of carbonyl (C=O) groups is 1. The Kier molecular flexibility index (Phi) is 6.48. The molecule has 1 heterocycles. The molecule has 0 saturated carbocycles. The molecule has 1 N–H and O–H groups in total. The maximum atomic E-state index is 14.6. The lowest BCUT2D eigenvalue weighted by Gasteiger charge is -2.20. The average Bonchev–Trinajstić information content (AvgIpc) is 2.59. The monoisotopic (exact) mass is 468 g/mol. The van der Waals surface area contributed by atoms with Crippen molar-refractivity contribution in [2.75, 3.05) is 5.75 Å². The van der Waals surface area contributed by atoms with Gasteiger partial charge in [-0.2, -0.15) is 13.2 Å². The van der Waals surface area contributed by atoms with Crippen LogP contribution in [0.1, 0.15) is 25.1 Å². The van der Waals surface area contributed by atoms with Crippen molar-refractivity contribution in [3.05, 3.63) is 55.1 Å². The molecule has 0 unspecified atom stereocenters. The van der Waals surface area contributed by atoms with Gasteiger partial charge in [-0.1, -0.05) is 11.6 Å². The lowest BCUT2D eigenvalue weighted by molar-refractivity contribution is -0.146. The molecule has 12 heteroatoms. The first-order valence-corrected chi connectivity index (χ1v) is 9.71. The molecule has 0 aliphatic heterocycles. The molecule has 0 bridgehead atoms. The summed E-state index contributed by atoms with van der Waals surface area (Å²) < 4.78 is 54.8. The van der Waals surface area contributed by atoms with E-state index in [1.54, 1.807) is 0 Å². The Labute approximate surface area is 177 Å². The SMILES string of the molecule is Cc1c(C(F)(F)F)n(C)c(=O)n(-c2cc(SCC(C)(C)C(=O)O)c(Cl)cc2F)c1=O. The zero-order valence-electron chi connectivity index (χ0n) is 16.2. The summed E-state index contributed by atoms with van der Waals surface area (Å²) in [4.78, 5) is 36.5. The number of aromatic nitrogens is 2. The van der Waals surface area contributed by atoms with Gasteiger partial charge in [0.25, 0.3) is 5.56 Å². The van der Waals surface area contributed by atoms with Crippen LogP contribution in [0.5, 0.6) is 0 Å². The minimum absolute atomic E-state index is 0.0199. The summed E-state index contributed by atoms with van der Waals surface area (Å²) in [6.45, 7) is 3.81. The Balaban J connectivity index is 2.70. The highest BCUT2D eigenvalue weighted by molar-refractivity contribution is 7.99. The molecule has 164 valence electrons. The van der Waals surface area contributed by atoms with E-state index >= 15 is 0 Å². The Morgan fingerprint density at radius 3 is 2.30 bits per heavy atom. The van der Waals surface area contributed by atoms with Crippen molar-refractivity contribution in [1.82, 2.24) is 9.13 Å². The van der Waals surface area contributed by atoms with Crippen molar-refractivity contribution in [1.29, 1.82) is 0 Å². The van der Waals surface area contributed by atoms with Crippen LogP contribution in [0.3, 0.4) is 0 Å². The fraction of sp³-hybridized carbons (Fsp3) is 0.389. The predicted molar refractivity (Wildman–Crippen MR) is 104 cm³/mol. The number of carboxylic acids is 1. The summed E-state index contributed by atoms with van der Waals surface area (Å²) in [5, 5.41) is 9.10. The van der Waals surface area contributed by atoms with E-state index in [0.717, 1.165) is 37.9 Å². The summed E-state index contributed by atoms with van der Waals surface area (Å²) in [6.07, 6.45) is -4.96. The molecule has 1 aromatic carbocycles. The molecule has 1 aromatic heterocycles. The summed E-state index contributed by atoms with van der Waals surface area (Å²) in [7, 11) is 0.826.